The van der Waals surface area contributed by atoms with Gasteiger partial charge in [0.1, 0.15) is 0 Å². The number of carbonyl (C=O) groups excluding carboxylic acids is 1. The van der Waals surface area contributed by atoms with Gasteiger partial charge in [-0.1, -0.05) is 104 Å². The van der Waals surface area contributed by atoms with E-state index in [1.807, 2.05) is 103 Å². The first-order chi connectivity index (χ1) is 23.9. The van der Waals surface area contributed by atoms with Crippen LogP contribution in [0.3, 0.4) is 0 Å². The lowest BCUT2D eigenvalue weighted by atomic mass is 9.91. The molecule has 0 unspecified atom stereocenters. The molecule has 1 aliphatic rings. The normalized spacial score (nSPS) is 19.0. The number of thioether (sulfide) groups is 1. The molecule has 3 N–H and O–H groups in total. The second kappa shape index (κ2) is 16.0. The van der Waals surface area contributed by atoms with Gasteiger partial charge >= 0.3 is 5.97 Å². The number of aliphatic carboxylic acids is 1. The van der Waals surface area contributed by atoms with E-state index in [0.717, 1.165) is 39.1 Å². The molecule has 0 aliphatic carbocycles. The topological polar surface area (TPSA) is 149 Å². The molecule has 12 heteroatoms. The van der Waals surface area contributed by atoms with E-state index in [2.05, 4.69) is 27.8 Å². The Balaban J connectivity index is 1.19. The minimum Gasteiger partial charge on any atom is -0.481 e. The number of hydrogen-bond donors (Lipinski definition) is 3. The zero-order valence-corrected chi connectivity index (χ0v) is 27.7. The van der Waals surface area contributed by atoms with Crippen LogP contribution in [0.4, 0.5) is 0 Å². The van der Waals surface area contributed by atoms with Crippen molar-refractivity contribution in [3.63, 3.8) is 0 Å². The first-order valence-electron chi connectivity index (χ1n) is 16.0. The van der Waals surface area contributed by atoms with E-state index in [1.54, 1.807) is 4.68 Å². The van der Waals surface area contributed by atoms with Crippen molar-refractivity contribution in [1.29, 1.82) is 0 Å². The zero-order valence-electron chi connectivity index (χ0n) is 26.9. The van der Waals surface area contributed by atoms with Crippen LogP contribution in [0, 0.1) is 5.92 Å². The first kappa shape index (κ1) is 34.0. The number of rotatable bonds is 13. The summed E-state index contributed by atoms with van der Waals surface area (Å²) in [5.74, 6) is -0.705. The molecule has 5 aromatic rings. The lowest BCUT2D eigenvalue weighted by Gasteiger charge is -2.41. The van der Waals surface area contributed by atoms with Gasteiger partial charge in [0.15, 0.2) is 6.29 Å². The Morgan fingerprint density at radius 3 is 2.35 bits per heavy atom. The van der Waals surface area contributed by atoms with Gasteiger partial charge < -0.3 is 25.0 Å². The molecular weight excluding hydrogens is 643 g/mol. The highest BCUT2D eigenvalue weighted by Crippen LogP contribution is 2.43. The second-order valence-electron chi connectivity index (χ2n) is 11.8. The minimum atomic E-state index is -0.998. The smallest absolute Gasteiger partial charge is 0.303 e. The van der Waals surface area contributed by atoms with Crippen molar-refractivity contribution in [2.24, 2.45) is 5.92 Å². The monoisotopic (exact) mass is 679 g/mol. The lowest BCUT2D eigenvalue weighted by molar-refractivity contribution is -0.268. The molecule has 0 bridgehead atoms. The molecule has 0 saturated carbocycles. The number of carboxylic acids is 1. The average Bonchev–Trinajstić information content (AvgIpc) is 3.62. The zero-order chi connectivity index (χ0) is 34.2. The summed E-state index contributed by atoms with van der Waals surface area (Å²) in [5.41, 5.74) is 6.47. The molecule has 1 aromatic heterocycles. The van der Waals surface area contributed by atoms with Crippen LogP contribution in [-0.4, -0.2) is 54.2 Å². The number of tetrazole rings is 1. The number of benzene rings is 4. The molecule has 49 heavy (non-hydrogen) atoms. The summed E-state index contributed by atoms with van der Waals surface area (Å²) < 4.78 is 15.0. The number of carboxylic acid groups (broad SMARTS) is 1. The Morgan fingerprint density at radius 1 is 0.857 bits per heavy atom. The van der Waals surface area contributed by atoms with Crippen molar-refractivity contribution >= 4 is 23.6 Å². The van der Waals surface area contributed by atoms with Crippen LogP contribution in [0.1, 0.15) is 54.4 Å². The summed E-state index contributed by atoms with van der Waals surface area (Å²) in [4.78, 5) is 22.8. The van der Waals surface area contributed by atoms with Gasteiger partial charge in [0.25, 0.3) is 0 Å². The number of amides is 1. The van der Waals surface area contributed by atoms with Crippen LogP contribution < -0.4 is 5.32 Å². The summed E-state index contributed by atoms with van der Waals surface area (Å²) in [6, 6.07) is 33.5. The van der Waals surface area contributed by atoms with E-state index in [1.165, 1.54) is 11.8 Å². The van der Waals surface area contributed by atoms with Crippen LogP contribution in [0.15, 0.2) is 108 Å². The van der Waals surface area contributed by atoms with Crippen LogP contribution in [0.25, 0.3) is 16.8 Å². The van der Waals surface area contributed by atoms with Crippen molar-refractivity contribution in [3.05, 3.63) is 125 Å². The molecule has 2 heterocycles. The first-order valence-corrected chi connectivity index (χ1v) is 17.0. The highest BCUT2D eigenvalue weighted by Gasteiger charge is 2.38. The van der Waals surface area contributed by atoms with Gasteiger partial charge in [-0.3, -0.25) is 9.59 Å². The van der Waals surface area contributed by atoms with Gasteiger partial charge in [-0.05, 0) is 56.4 Å². The highest BCUT2D eigenvalue weighted by molar-refractivity contribution is 7.99. The Morgan fingerprint density at radius 2 is 1.61 bits per heavy atom. The third-order valence-corrected chi connectivity index (χ3v) is 9.45. The fraction of sp³-hybridized carbons (Fsp3) is 0.270. The molecule has 4 aromatic carbocycles. The van der Waals surface area contributed by atoms with E-state index in [-0.39, 0.29) is 43.5 Å². The third kappa shape index (κ3) is 8.59. The summed E-state index contributed by atoms with van der Waals surface area (Å²) in [6.45, 7) is 2.40. The van der Waals surface area contributed by atoms with Crippen LogP contribution in [0.5, 0.6) is 0 Å². The number of ether oxygens (including phenoxy) is 2. The van der Waals surface area contributed by atoms with Gasteiger partial charge in [-0.2, -0.15) is 4.68 Å². The Labute approximate surface area is 288 Å². The molecule has 252 valence electrons. The number of aliphatic hydroxyl groups excluding tert-OH is 1. The fourth-order valence-electron chi connectivity index (χ4n) is 5.67. The van der Waals surface area contributed by atoms with Crippen molar-refractivity contribution in [1.82, 2.24) is 25.5 Å². The van der Waals surface area contributed by atoms with Gasteiger partial charge in [-0.25, -0.2) is 0 Å². The molecule has 6 rings (SSSR count). The van der Waals surface area contributed by atoms with Crippen LogP contribution in [0.2, 0.25) is 0 Å². The van der Waals surface area contributed by atoms with E-state index >= 15 is 0 Å². The maximum atomic E-state index is 12.0. The number of nitrogens with one attached hydrogen (secondary N) is 1. The molecule has 4 atom stereocenters. The standard InChI is InChI=1S/C37H37N5O6S/c1-24-32(23-49-37-39-40-41-42(37)31-8-3-2-4-9-31)47-36(48-35(24)28-12-10-25(22-43)11-13-28)29-16-14-27(15-17-29)30-7-5-6-26(20-30)21-38-33(44)18-19-34(45)46/h2-17,20,24,32,35-36,43H,18-19,21-23H2,1H3,(H,38,44)(H,45,46)/t24-,32+,35+,36+/m0/s1. The number of nitrogens with zero attached hydrogens (tertiary/aromatic N) is 4. The van der Waals surface area contributed by atoms with Gasteiger partial charge in [0, 0.05) is 30.2 Å². The SMILES string of the molecule is C[C@H]1[C@@H](CSc2nnnn2-c2ccccc2)O[C@@H](c2ccc(-c3cccc(CNC(=O)CCC(=O)O)c3)cc2)O[C@H]1c1ccc(CO)cc1. The molecule has 1 saturated heterocycles. The number of aromatic nitrogens is 4. The van der Waals surface area contributed by atoms with Gasteiger partial charge in [-0.15, -0.1) is 5.10 Å². The van der Waals surface area contributed by atoms with Crippen LogP contribution in [-0.2, 0) is 32.2 Å². The van der Waals surface area contributed by atoms with E-state index in [0.29, 0.717) is 17.5 Å². The second-order valence-corrected chi connectivity index (χ2v) is 12.8. The van der Waals surface area contributed by atoms with Gasteiger partial charge in [0.05, 0.1) is 30.9 Å². The van der Waals surface area contributed by atoms with Gasteiger partial charge in [0.2, 0.25) is 11.1 Å². The predicted octanol–water partition coefficient (Wildman–Crippen LogP) is 5.89. The maximum Gasteiger partial charge on any atom is 0.303 e. The largest absolute Gasteiger partial charge is 0.481 e. The summed E-state index contributed by atoms with van der Waals surface area (Å²) in [6.07, 6.45) is -1.34. The number of para-hydroxylation sites is 1. The lowest BCUT2D eigenvalue weighted by Crippen LogP contribution is -2.38. The van der Waals surface area contributed by atoms with Crippen LogP contribution >= 0.6 is 11.8 Å². The van der Waals surface area contributed by atoms with E-state index in [9.17, 15) is 14.7 Å². The molecule has 11 nitrogen and oxygen atoms in total. The molecule has 1 fully saturated rings. The quantitative estimate of drug-likeness (QED) is 0.129. The Kier molecular flexibility index (Phi) is 11.1. The number of carbonyl (C=O) groups is 2. The molecule has 1 aliphatic heterocycles. The number of aliphatic hydroxyl groups is 1. The highest BCUT2D eigenvalue weighted by atomic mass is 32.2. The third-order valence-electron chi connectivity index (χ3n) is 8.44. The molecule has 0 spiro atoms. The fourth-order valence-corrected chi connectivity index (χ4v) is 6.72. The molecule has 1 amide bonds. The molecular formula is C37H37N5O6S. The minimum absolute atomic E-state index is 0.00332. The summed E-state index contributed by atoms with van der Waals surface area (Å²) >= 11 is 1.53. The van der Waals surface area contributed by atoms with Crippen molar-refractivity contribution in [2.75, 3.05) is 5.75 Å². The summed E-state index contributed by atoms with van der Waals surface area (Å²) in [7, 11) is 0. The van der Waals surface area contributed by atoms with Crippen molar-refractivity contribution in [2.45, 2.75) is 56.6 Å². The molecule has 0 radical (unpaired) electrons. The maximum absolute atomic E-state index is 12.0. The van der Waals surface area contributed by atoms with Crippen molar-refractivity contribution in [3.8, 4) is 16.8 Å². The Hall–Kier alpha value is -4.88. The van der Waals surface area contributed by atoms with Crippen molar-refractivity contribution < 1.29 is 29.3 Å². The number of hydrogen-bond acceptors (Lipinski definition) is 9. The Bertz CT molecular complexity index is 1850. The van der Waals surface area contributed by atoms with E-state index < -0.39 is 12.3 Å². The summed E-state index contributed by atoms with van der Waals surface area (Å²) in [5, 5.41) is 34.2. The predicted molar refractivity (Wildman–Crippen MR) is 183 cm³/mol. The van der Waals surface area contributed by atoms with E-state index in [4.69, 9.17) is 14.6 Å². The average molecular weight is 680 g/mol.